The van der Waals surface area contributed by atoms with E-state index in [4.69, 9.17) is 5.11 Å². The van der Waals surface area contributed by atoms with E-state index in [1.165, 1.54) is 5.56 Å². The molecule has 2 aromatic heterocycles. The smallest absolute Gasteiger partial charge is 0.365 e. The average molecular weight is 268 g/mol. The number of nitrogens with zero attached hydrogens (tertiary/aromatic N) is 1. The van der Waals surface area contributed by atoms with Crippen LogP contribution >= 0.6 is 22.7 Å². The zero-order chi connectivity index (χ0) is 12.3. The summed E-state index contributed by atoms with van der Waals surface area (Å²) in [7, 11) is 0. The van der Waals surface area contributed by atoms with Crippen molar-refractivity contribution in [3.05, 3.63) is 38.5 Å². The van der Waals surface area contributed by atoms with Crippen LogP contribution in [0.3, 0.4) is 0 Å². The molecule has 0 aliphatic carbocycles. The highest BCUT2D eigenvalue weighted by atomic mass is 32.1. The van der Waals surface area contributed by atoms with E-state index in [-0.39, 0.29) is 11.0 Å². The maximum atomic E-state index is 10.7. The SMILES string of the molecule is CC(NCc1csc(C(=O)O)n1)c1ccsc1. The second-order valence-corrected chi connectivity index (χ2v) is 5.25. The number of hydrogen-bond acceptors (Lipinski definition) is 5. The Bertz CT molecular complexity index is 493. The van der Waals surface area contributed by atoms with Crippen molar-refractivity contribution < 1.29 is 9.90 Å². The highest BCUT2D eigenvalue weighted by Crippen LogP contribution is 2.16. The molecule has 1 atom stereocenters. The number of carboxylic acids is 1. The molecule has 17 heavy (non-hydrogen) atoms. The molecule has 90 valence electrons. The zero-order valence-corrected chi connectivity index (χ0v) is 10.8. The molecule has 1 unspecified atom stereocenters. The fourth-order valence-electron chi connectivity index (χ4n) is 1.38. The summed E-state index contributed by atoms with van der Waals surface area (Å²) in [5, 5.41) is 18.1. The van der Waals surface area contributed by atoms with Gasteiger partial charge in [0.25, 0.3) is 0 Å². The molecule has 0 saturated carbocycles. The van der Waals surface area contributed by atoms with Crippen molar-refractivity contribution in [1.29, 1.82) is 0 Å². The Morgan fingerprint density at radius 1 is 1.59 bits per heavy atom. The summed E-state index contributed by atoms with van der Waals surface area (Å²) in [5.41, 5.74) is 2.01. The van der Waals surface area contributed by atoms with Crippen LogP contribution in [0.4, 0.5) is 0 Å². The standard InChI is InChI=1S/C11H12N2O2S2/c1-7(8-2-3-16-5-8)12-4-9-6-17-10(13-9)11(14)15/h2-3,5-7,12H,4H2,1H3,(H,14,15). The summed E-state index contributed by atoms with van der Waals surface area (Å²) >= 11 is 2.82. The molecule has 4 nitrogen and oxygen atoms in total. The summed E-state index contributed by atoms with van der Waals surface area (Å²) in [5.74, 6) is -0.966. The summed E-state index contributed by atoms with van der Waals surface area (Å²) in [4.78, 5) is 14.7. The van der Waals surface area contributed by atoms with Crippen molar-refractivity contribution in [1.82, 2.24) is 10.3 Å². The Morgan fingerprint density at radius 2 is 2.41 bits per heavy atom. The lowest BCUT2D eigenvalue weighted by molar-refractivity contribution is 0.0696. The van der Waals surface area contributed by atoms with Gasteiger partial charge in [-0.05, 0) is 29.3 Å². The quantitative estimate of drug-likeness (QED) is 0.875. The van der Waals surface area contributed by atoms with Crippen LogP contribution in [-0.4, -0.2) is 16.1 Å². The first kappa shape index (κ1) is 12.2. The molecular weight excluding hydrogens is 256 g/mol. The van der Waals surface area contributed by atoms with Crippen molar-refractivity contribution in [2.75, 3.05) is 0 Å². The fraction of sp³-hybridized carbons (Fsp3) is 0.273. The minimum atomic E-state index is -0.966. The number of thiophene rings is 1. The van der Waals surface area contributed by atoms with Gasteiger partial charge in [-0.2, -0.15) is 11.3 Å². The summed E-state index contributed by atoms with van der Waals surface area (Å²) in [6, 6.07) is 2.32. The van der Waals surface area contributed by atoms with Crippen molar-refractivity contribution in [3.63, 3.8) is 0 Å². The Balaban J connectivity index is 1.91. The topological polar surface area (TPSA) is 62.2 Å². The first-order valence-electron chi connectivity index (χ1n) is 5.10. The van der Waals surface area contributed by atoms with Gasteiger partial charge in [-0.1, -0.05) is 0 Å². The van der Waals surface area contributed by atoms with Crippen molar-refractivity contribution >= 4 is 28.6 Å². The van der Waals surface area contributed by atoms with Gasteiger partial charge in [-0.3, -0.25) is 0 Å². The predicted molar refractivity (Wildman–Crippen MR) is 68.6 cm³/mol. The van der Waals surface area contributed by atoms with Crippen molar-refractivity contribution in [2.45, 2.75) is 19.5 Å². The molecule has 0 spiro atoms. The third kappa shape index (κ3) is 3.12. The predicted octanol–water partition coefficient (Wildman–Crippen LogP) is 2.75. The van der Waals surface area contributed by atoms with Gasteiger partial charge in [0.1, 0.15) is 0 Å². The molecule has 6 heteroatoms. The van der Waals surface area contributed by atoms with E-state index >= 15 is 0 Å². The number of aromatic carboxylic acids is 1. The fourth-order valence-corrected chi connectivity index (χ4v) is 2.79. The van der Waals surface area contributed by atoms with E-state index in [0.29, 0.717) is 6.54 Å². The molecule has 0 aliphatic rings. The second-order valence-electron chi connectivity index (χ2n) is 3.61. The molecular formula is C11H12N2O2S2. The van der Waals surface area contributed by atoms with Gasteiger partial charge in [0.2, 0.25) is 5.01 Å². The average Bonchev–Trinajstić information content (AvgIpc) is 2.97. The van der Waals surface area contributed by atoms with E-state index in [0.717, 1.165) is 17.0 Å². The van der Waals surface area contributed by atoms with Crippen LogP contribution in [0, 0.1) is 0 Å². The summed E-state index contributed by atoms with van der Waals surface area (Å²) in [6.07, 6.45) is 0. The lowest BCUT2D eigenvalue weighted by Crippen LogP contribution is -2.17. The Morgan fingerprint density at radius 3 is 3.00 bits per heavy atom. The molecule has 0 bridgehead atoms. The van der Waals surface area contributed by atoms with Crippen LogP contribution in [0.15, 0.2) is 22.2 Å². The third-order valence-corrected chi connectivity index (χ3v) is 3.95. The number of carbonyl (C=O) groups is 1. The lowest BCUT2D eigenvalue weighted by Gasteiger charge is -2.10. The highest BCUT2D eigenvalue weighted by molar-refractivity contribution is 7.11. The Kier molecular flexibility index (Phi) is 3.88. The van der Waals surface area contributed by atoms with Crippen LogP contribution in [0.1, 0.15) is 34.0 Å². The number of aromatic nitrogens is 1. The van der Waals surface area contributed by atoms with Crippen LogP contribution < -0.4 is 5.32 Å². The van der Waals surface area contributed by atoms with Gasteiger partial charge in [0, 0.05) is 18.0 Å². The van der Waals surface area contributed by atoms with Gasteiger partial charge < -0.3 is 10.4 Å². The number of thiazole rings is 1. The lowest BCUT2D eigenvalue weighted by atomic mass is 10.2. The number of nitrogens with one attached hydrogen (secondary N) is 1. The summed E-state index contributed by atoms with van der Waals surface area (Å²) in [6.45, 7) is 2.66. The zero-order valence-electron chi connectivity index (χ0n) is 9.21. The molecule has 0 aliphatic heterocycles. The Hall–Kier alpha value is -1.24. The highest BCUT2D eigenvalue weighted by Gasteiger charge is 2.10. The second kappa shape index (κ2) is 5.39. The van der Waals surface area contributed by atoms with Gasteiger partial charge in [0.05, 0.1) is 5.69 Å². The number of hydrogen-bond donors (Lipinski definition) is 2. The normalized spacial score (nSPS) is 12.5. The summed E-state index contributed by atoms with van der Waals surface area (Å²) < 4.78 is 0. The maximum Gasteiger partial charge on any atom is 0.365 e. The monoisotopic (exact) mass is 268 g/mol. The van der Waals surface area contributed by atoms with Gasteiger partial charge in [0.15, 0.2) is 0 Å². The van der Waals surface area contributed by atoms with Gasteiger partial charge in [-0.15, -0.1) is 11.3 Å². The van der Waals surface area contributed by atoms with Gasteiger partial charge >= 0.3 is 5.97 Å². The van der Waals surface area contributed by atoms with Crippen LogP contribution in [0.5, 0.6) is 0 Å². The molecule has 2 rings (SSSR count). The maximum absolute atomic E-state index is 10.7. The molecule has 2 aromatic rings. The van der Waals surface area contributed by atoms with Crippen LogP contribution in [0.25, 0.3) is 0 Å². The van der Waals surface area contributed by atoms with E-state index < -0.39 is 5.97 Å². The number of rotatable bonds is 5. The van der Waals surface area contributed by atoms with Crippen molar-refractivity contribution in [2.24, 2.45) is 0 Å². The van der Waals surface area contributed by atoms with E-state index in [1.54, 1.807) is 16.7 Å². The molecule has 0 amide bonds. The van der Waals surface area contributed by atoms with E-state index in [1.807, 2.05) is 5.38 Å². The molecule has 0 aromatic carbocycles. The minimum absolute atomic E-state index is 0.144. The molecule has 0 fully saturated rings. The minimum Gasteiger partial charge on any atom is -0.476 e. The first-order chi connectivity index (χ1) is 8.16. The number of carboxylic acid groups (broad SMARTS) is 1. The molecule has 2 N–H and O–H groups in total. The Labute approximate surface area is 107 Å². The van der Waals surface area contributed by atoms with E-state index in [2.05, 4.69) is 28.7 Å². The van der Waals surface area contributed by atoms with E-state index in [9.17, 15) is 4.79 Å². The van der Waals surface area contributed by atoms with Crippen LogP contribution in [-0.2, 0) is 6.54 Å². The largest absolute Gasteiger partial charge is 0.476 e. The van der Waals surface area contributed by atoms with Crippen LogP contribution in [0.2, 0.25) is 0 Å². The molecule has 0 radical (unpaired) electrons. The van der Waals surface area contributed by atoms with Crippen molar-refractivity contribution in [3.8, 4) is 0 Å². The first-order valence-corrected chi connectivity index (χ1v) is 6.92. The van der Waals surface area contributed by atoms with Gasteiger partial charge in [-0.25, -0.2) is 9.78 Å². The molecule has 0 saturated heterocycles. The molecule has 2 heterocycles. The third-order valence-electron chi connectivity index (χ3n) is 2.37.